The van der Waals surface area contributed by atoms with Crippen LogP contribution in [0.4, 0.5) is 17.5 Å². The fourth-order valence-corrected chi connectivity index (χ4v) is 2.20. The normalized spacial score (nSPS) is 10.2. The Kier molecular flexibility index (Phi) is 4.45. The highest BCUT2D eigenvalue weighted by Crippen LogP contribution is 2.27. The molecule has 0 saturated heterocycles. The molecule has 0 aliphatic heterocycles. The smallest absolute Gasteiger partial charge is 0.258 e. The van der Waals surface area contributed by atoms with E-state index >= 15 is 0 Å². The number of nitrogens with zero attached hydrogens (tertiary/aromatic N) is 2. The van der Waals surface area contributed by atoms with Gasteiger partial charge in [0.05, 0.1) is 7.11 Å². The molecule has 0 spiro atoms. The van der Waals surface area contributed by atoms with Crippen LogP contribution in [0.1, 0.15) is 21.5 Å². The molecule has 0 saturated carbocycles. The summed E-state index contributed by atoms with van der Waals surface area (Å²) >= 11 is 0. The number of nitrogens with one attached hydrogen (secondary N) is 2. The van der Waals surface area contributed by atoms with E-state index in [0.717, 1.165) is 16.8 Å². The number of carbonyl (C=O) groups is 1. The summed E-state index contributed by atoms with van der Waals surface area (Å²) in [6.45, 7) is 3.99. The zero-order valence-electron chi connectivity index (χ0n) is 13.0. The molecule has 0 radical (unpaired) electrons. The summed E-state index contributed by atoms with van der Waals surface area (Å²) in [7, 11) is 3.11. The molecule has 7 nitrogen and oxygen atoms in total. The molecule has 0 atom stereocenters. The van der Waals surface area contributed by atoms with Gasteiger partial charge in [-0.15, -0.1) is 0 Å². The first-order valence-corrected chi connectivity index (χ1v) is 6.73. The van der Waals surface area contributed by atoms with Gasteiger partial charge in [-0.3, -0.25) is 4.79 Å². The molecule has 0 aliphatic rings. The van der Waals surface area contributed by atoms with Crippen molar-refractivity contribution in [2.75, 3.05) is 24.8 Å². The van der Waals surface area contributed by atoms with Gasteiger partial charge in [0.25, 0.3) is 5.91 Å². The summed E-state index contributed by atoms with van der Waals surface area (Å²) in [5.74, 6) is 0.0903. The monoisotopic (exact) mass is 301 g/mol. The molecule has 116 valence electrons. The van der Waals surface area contributed by atoms with Gasteiger partial charge in [0, 0.05) is 12.7 Å². The molecule has 1 amide bonds. The van der Waals surface area contributed by atoms with E-state index in [1.165, 1.54) is 7.11 Å². The summed E-state index contributed by atoms with van der Waals surface area (Å²) in [4.78, 5) is 20.1. The van der Waals surface area contributed by atoms with Crippen LogP contribution in [0.3, 0.4) is 0 Å². The topological polar surface area (TPSA) is 102 Å². The number of anilines is 3. The Morgan fingerprint density at radius 2 is 1.82 bits per heavy atom. The van der Waals surface area contributed by atoms with Crippen LogP contribution in [0, 0.1) is 13.8 Å². The first-order valence-electron chi connectivity index (χ1n) is 6.73. The Morgan fingerprint density at radius 3 is 2.32 bits per heavy atom. The van der Waals surface area contributed by atoms with Crippen LogP contribution in [0.5, 0.6) is 5.88 Å². The third-order valence-corrected chi connectivity index (χ3v) is 3.02. The zero-order chi connectivity index (χ0) is 16.3. The fraction of sp³-hybridized carbons (Fsp3) is 0.267. The molecule has 0 aliphatic carbocycles. The number of hydrogen-bond acceptors (Lipinski definition) is 6. The second kappa shape index (κ2) is 6.30. The Balaban J connectivity index is 2.54. The van der Waals surface area contributed by atoms with E-state index in [2.05, 4.69) is 26.7 Å². The minimum absolute atomic E-state index is 0.112. The van der Waals surface area contributed by atoms with Gasteiger partial charge >= 0.3 is 0 Å². The standard InChI is InChI=1S/C15H19N5O2/c1-8-5-9(2)7-10(6-8)18-13-11(12(16)21)14(22-4)20-15(17-3)19-13/h5-7H,1-4H3,(H2,16,21)(H2,17,18,19,20). The Bertz CT molecular complexity index is 695. The highest BCUT2D eigenvalue weighted by Gasteiger charge is 2.20. The maximum Gasteiger partial charge on any atom is 0.258 e. The van der Waals surface area contributed by atoms with E-state index in [9.17, 15) is 4.79 Å². The number of aryl methyl sites for hydroxylation is 2. The van der Waals surface area contributed by atoms with E-state index in [1.54, 1.807) is 7.05 Å². The molecule has 1 aromatic heterocycles. The van der Waals surface area contributed by atoms with Crippen molar-refractivity contribution in [3.63, 3.8) is 0 Å². The largest absolute Gasteiger partial charge is 0.480 e. The number of methoxy groups -OCH3 is 1. The van der Waals surface area contributed by atoms with Crippen LogP contribution in [-0.4, -0.2) is 30.0 Å². The number of aromatic nitrogens is 2. The summed E-state index contributed by atoms with van der Waals surface area (Å²) in [5, 5.41) is 5.94. The van der Waals surface area contributed by atoms with Crippen molar-refractivity contribution in [2.24, 2.45) is 5.73 Å². The highest BCUT2D eigenvalue weighted by molar-refractivity contribution is 6.00. The molecule has 0 bridgehead atoms. The number of rotatable bonds is 5. The van der Waals surface area contributed by atoms with E-state index in [0.29, 0.717) is 11.8 Å². The lowest BCUT2D eigenvalue weighted by molar-refractivity contribution is 0.0997. The van der Waals surface area contributed by atoms with E-state index in [4.69, 9.17) is 10.5 Å². The highest BCUT2D eigenvalue weighted by atomic mass is 16.5. The number of nitrogens with two attached hydrogens (primary N) is 1. The third-order valence-electron chi connectivity index (χ3n) is 3.02. The first-order chi connectivity index (χ1) is 10.4. The van der Waals surface area contributed by atoms with Crippen molar-refractivity contribution in [3.05, 3.63) is 34.9 Å². The van der Waals surface area contributed by atoms with Crippen molar-refractivity contribution in [1.82, 2.24) is 9.97 Å². The summed E-state index contributed by atoms with van der Waals surface area (Å²) < 4.78 is 5.14. The van der Waals surface area contributed by atoms with Gasteiger partial charge in [-0.05, 0) is 37.1 Å². The lowest BCUT2D eigenvalue weighted by Gasteiger charge is -2.14. The van der Waals surface area contributed by atoms with Crippen molar-refractivity contribution >= 4 is 23.4 Å². The molecule has 0 fully saturated rings. The van der Waals surface area contributed by atoms with Gasteiger partial charge in [-0.2, -0.15) is 9.97 Å². The summed E-state index contributed by atoms with van der Waals surface area (Å²) in [5.41, 5.74) is 8.55. The molecule has 2 rings (SSSR count). The average molecular weight is 301 g/mol. The maximum atomic E-state index is 11.7. The molecule has 2 aromatic rings. The second-order valence-corrected chi connectivity index (χ2v) is 4.90. The lowest BCUT2D eigenvalue weighted by Crippen LogP contribution is -2.18. The number of amides is 1. The average Bonchev–Trinajstić information content (AvgIpc) is 2.44. The molecular formula is C15H19N5O2. The van der Waals surface area contributed by atoms with Crippen molar-refractivity contribution in [1.29, 1.82) is 0 Å². The number of primary amides is 1. The van der Waals surface area contributed by atoms with Gasteiger partial charge in [-0.1, -0.05) is 6.07 Å². The van der Waals surface area contributed by atoms with Crippen LogP contribution < -0.4 is 21.1 Å². The Morgan fingerprint density at radius 1 is 1.18 bits per heavy atom. The van der Waals surface area contributed by atoms with Crippen LogP contribution in [0.15, 0.2) is 18.2 Å². The van der Waals surface area contributed by atoms with Crippen LogP contribution in [0.25, 0.3) is 0 Å². The van der Waals surface area contributed by atoms with Crippen molar-refractivity contribution < 1.29 is 9.53 Å². The first kappa shape index (κ1) is 15.6. The van der Waals surface area contributed by atoms with Crippen LogP contribution in [-0.2, 0) is 0 Å². The fourth-order valence-electron chi connectivity index (χ4n) is 2.20. The number of benzene rings is 1. The minimum atomic E-state index is -0.661. The molecule has 7 heteroatoms. The summed E-state index contributed by atoms with van der Waals surface area (Å²) in [6.07, 6.45) is 0. The lowest BCUT2D eigenvalue weighted by atomic mass is 10.1. The SMILES string of the molecule is CNc1nc(Nc2cc(C)cc(C)c2)c(C(N)=O)c(OC)n1. The number of ether oxygens (including phenoxy) is 1. The number of carbonyl (C=O) groups excluding carboxylic acids is 1. The quantitative estimate of drug-likeness (QED) is 0.780. The molecule has 0 unspecified atom stereocenters. The van der Waals surface area contributed by atoms with Gasteiger partial charge in [0.2, 0.25) is 11.8 Å². The minimum Gasteiger partial charge on any atom is -0.480 e. The Labute approximate surface area is 128 Å². The maximum absolute atomic E-state index is 11.7. The van der Waals surface area contributed by atoms with E-state index in [-0.39, 0.29) is 11.4 Å². The van der Waals surface area contributed by atoms with Crippen LogP contribution in [0.2, 0.25) is 0 Å². The molecule has 1 aromatic carbocycles. The molecular weight excluding hydrogens is 282 g/mol. The predicted molar refractivity (Wildman–Crippen MR) is 85.8 cm³/mol. The number of hydrogen-bond donors (Lipinski definition) is 3. The Hall–Kier alpha value is -2.83. The molecule has 4 N–H and O–H groups in total. The van der Waals surface area contributed by atoms with Crippen molar-refractivity contribution in [3.8, 4) is 5.88 Å². The third kappa shape index (κ3) is 3.25. The van der Waals surface area contributed by atoms with Gasteiger partial charge < -0.3 is 21.1 Å². The zero-order valence-corrected chi connectivity index (χ0v) is 13.0. The van der Waals surface area contributed by atoms with Crippen molar-refractivity contribution in [2.45, 2.75) is 13.8 Å². The van der Waals surface area contributed by atoms with Gasteiger partial charge in [0.15, 0.2) is 5.82 Å². The second-order valence-electron chi connectivity index (χ2n) is 4.90. The van der Waals surface area contributed by atoms with Gasteiger partial charge in [-0.25, -0.2) is 0 Å². The molecule has 1 heterocycles. The van der Waals surface area contributed by atoms with Crippen LogP contribution >= 0.6 is 0 Å². The molecule has 22 heavy (non-hydrogen) atoms. The summed E-state index contributed by atoms with van der Waals surface area (Å²) in [6, 6.07) is 5.95. The predicted octanol–water partition coefficient (Wildman–Crippen LogP) is 1.99. The van der Waals surface area contributed by atoms with E-state index < -0.39 is 5.91 Å². The van der Waals surface area contributed by atoms with Gasteiger partial charge in [0.1, 0.15) is 5.56 Å². The van der Waals surface area contributed by atoms with E-state index in [1.807, 2.05) is 26.0 Å².